The zero-order valence-electron chi connectivity index (χ0n) is 10.7. The molecule has 1 aliphatic heterocycles. The molecule has 2 aromatic heterocycles. The van der Waals surface area contributed by atoms with E-state index in [4.69, 9.17) is 0 Å². The quantitative estimate of drug-likeness (QED) is 0.601. The molecule has 0 aliphatic carbocycles. The lowest BCUT2D eigenvalue weighted by Gasteiger charge is -2.19. The lowest BCUT2D eigenvalue weighted by Crippen LogP contribution is -2.16. The number of anilines is 1. The third-order valence-electron chi connectivity index (χ3n) is 3.81. The molecule has 1 aliphatic rings. The summed E-state index contributed by atoms with van der Waals surface area (Å²) in [6.07, 6.45) is 1.30. The Morgan fingerprint density at radius 2 is 2.15 bits per heavy atom. The Kier molecular flexibility index (Phi) is 2.54. The standard InChI is InChI=1S/C15H11FIN3/c1-20-7-9-13-12(8-4-2-3-5-11(8)20)10(16)6-18-15(13)19-14(9)17/h2-6H,7H2,1H3,(H,18,19). The molecule has 3 heterocycles. The molecule has 3 aromatic rings. The number of benzene rings is 1. The Morgan fingerprint density at radius 3 is 3.00 bits per heavy atom. The van der Waals surface area contributed by atoms with Gasteiger partial charge in [-0.25, -0.2) is 9.37 Å². The van der Waals surface area contributed by atoms with Gasteiger partial charge in [-0.15, -0.1) is 0 Å². The molecule has 0 atom stereocenters. The predicted molar refractivity (Wildman–Crippen MR) is 86.3 cm³/mol. The largest absolute Gasteiger partial charge is 0.370 e. The fourth-order valence-corrected chi connectivity index (χ4v) is 3.61. The van der Waals surface area contributed by atoms with Crippen LogP contribution in [-0.2, 0) is 6.54 Å². The summed E-state index contributed by atoms with van der Waals surface area (Å²) in [6.45, 7) is 0.743. The van der Waals surface area contributed by atoms with Crippen LogP contribution in [0.4, 0.5) is 10.1 Å². The zero-order chi connectivity index (χ0) is 13.9. The average molecular weight is 379 g/mol. The van der Waals surface area contributed by atoms with Crippen molar-refractivity contribution in [2.75, 3.05) is 11.9 Å². The van der Waals surface area contributed by atoms with E-state index in [-0.39, 0.29) is 5.82 Å². The first-order chi connectivity index (χ1) is 9.66. The monoisotopic (exact) mass is 379 g/mol. The summed E-state index contributed by atoms with van der Waals surface area (Å²) in [7, 11) is 2.03. The van der Waals surface area contributed by atoms with Crippen LogP contribution in [0.5, 0.6) is 0 Å². The molecule has 0 saturated carbocycles. The maximum absolute atomic E-state index is 14.4. The lowest BCUT2D eigenvalue weighted by atomic mass is 10.0. The van der Waals surface area contributed by atoms with Gasteiger partial charge in [-0.2, -0.15) is 0 Å². The van der Waals surface area contributed by atoms with E-state index in [9.17, 15) is 4.39 Å². The molecule has 0 spiro atoms. The summed E-state index contributed by atoms with van der Waals surface area (Å²) in [5, 5.41) is 0.909. The molecular formula is C15H11FIN3. The van der Waals surface area contributed by atoms with E-state index in [2.05, 4.69) is 37.5 Å². The van der Waals surface area contributed by atoms with Gasteiger partial charge in [0.15, 0.2) is 0 Å². The number of nitrogens with one attached hydrogen (secondary N) is 1. The van der Waals surface area contributed by atoms with E-state index in [0.717, 1.165) is 38.1 Å². The van der Waals surface area contributed by atoms with Gasteiger partial charge in [0.25, 0.3) is 0 Å². The van der Waals surface area contributed by atoms with Crippen LogP contribution < -0.4 is 4.90 Å². The number of para-hydroxylation sites is 1. The van der Waals surface area contributed by atoms with Crippen LogP contribution in [0, 0.1) is 9.52 Å². The van der Waals surface area contributed by atoms with E-state index >= 15 is 0 Å². The van der Waals surface area contributed by atoms with Crippen molar-refractivity contribution < 1.29 is 4.39 Å². The SMILES string of the molecule is CN1Cc2c(I)[nH]c3ncc(F)c(c23)-c2ccccc21. The molecule has 0 fully saturated rings. The summed E-state index contributed by atoms with van der Waals surface area (Å²) in [5.41, 5.74) is 4.50. The highest BCUT2D eigenvalue weighted by Crippen LogP contribution is 2.42. The highest BCUT2D eigenvalue weighted by molar-refractivity contribution is 14.1. The molecule has 1 N–H and O–H groups in total. The van der Waals surface area contributed by atoms with Crippen molar-refractivity contribution in [2.24, 2.45) is 0 Å². The number of fused-ring (bicyclic) bond motifs is 2. The van der Waals surface area contributed by atoms with Gasteiger partial charge in [0.1, 0.15) is 11.5 Å². The van der Waals surface area contributed by atoms with E-state index in [1.807, 2.05) is 31.3 Å². The minimum atomic E-state index is -0.267. The summed E-state index contributed by atoms with van der Waals surface area (Å²) in [4.78, 5) is 9.59. The second-order valence-corrected chi connectivity index (χ2v) is 6.07. The number of H-pyrrole nitrogens is 1. The summed E-state index contributed by atoms with van der Waals surface area (Å²) < 4.78 is 15.5. The van der Waals surface area contributed by atoms with Crippen molar-refractivity contribution >= 4 is 39.3 Å². The summed E-state index contributed by atoms with van der Waals surface area (Å²) in [6, 6.07) is 7.93. The fraction of sp³-hybridized carbons (Fsp3) is 0.133. The number of nitrogens with zero attached hydrogens (tertiary/aromatic N) is 2. The Balaban J connectivity index is 2.23. The Hall–Kier alpha value is -1.63. The van der Waals surface area contributed by atoms with Crippen molar-refractivity contribution in [3.05, 3.63) is 45.5 Å². The zero-order valence-corrected chi connectivity index (χ0v) is 12.9. The molecule has 0 bridgehead atoms. The Bertz CT molecular complexity index is 840. The number of aromatic nitrogens is 2. The smallest absolute Gasteiger partial charge is 0.150 e. The van der Waals surface area contributed by atoms with Crippen LogP contribution in [0.25, 0.3) is 22.2 Å². The van der Waals surface area contributed by atoms with Crippen LogP contribution in [-0.4, -0.2) is 17.0 Å². The van der Waals surface area contributed by atoms with Crippen molar-refractivity contribution in [1.82, 2.24) is 9.97 Å². The molecule has 100 valence electrons. The number of rotatable bonds is 0. The highest BCUT2D eigenvalue weighted by Gasteiger charge is 2.25. The molecule has 0 amide bonds. The van der Waals surface area contributed by atoms with Gasteiger partial charge in [-0.1, -0.05) is 18.2 Å². The van der Waals surface area contributed by atoms with Gasteiger partial charge in [0.2, 0.25) is 0 Å². The number of halogens is 2. The Labute approximate surface area is 129 Å². The first kappa shape index (κ1) is 12.1. The minimum absolute atomic E-state index is 0.267. The minimum Gasteiger partial charge on any atom is -0.370 e. The molecule has 0 radical (unpaired) electrons. The third-order valence-corrected chi connectivity index (χ3v) is 4.73. The fourth-order valence-electron chi connectivity index (χ4n) is 2.92. The third kappa shape index (κ3) is 1.52. The first-order valence-corrected chi connectivity index (χ1v) is 7.40. The summed E-state index contributed by atoms with van der Waals surface area (Å²) in [5.74, 6) is -0.267. The second kappa shape index (κ2) is 4.18. The van der Waals surface area contributed by atoms with Gasteiger partial charge >= 0.3 is 0 Å². The van der Waals surface area contributed by atoms with Crippen LogP contribution >= 0.6 is 22.6 Å². The van der Waals surface area contributed by atoms with Gasteiger partial charge in [0.05, 0.1) is 9.90 Å². The number of pyridine rings is 1. The average Bonchev–Trinajstić information content (AvgIpc) is 2.67. The second-order valence-electron chi connectivity index (χ2n) is 5.00. The molecular weight excluding hydrogens is 368 g/mol. The van der Waals surface area contributed by atoms with Gasteiger partial charge in [0, 0.05) is 41.4 Å². The Morgan fingerprint density at radius 1 is 1.35 bits per heavy atom. The number of hydrogen-bond donors (Lipinski definition) is 1. The van der Waals surface area contributed by atoms with Crippen molar-refractivity contribution in [2.45, 2.75) is 6.54 Å². The van der Waals surface area contributed by atoms with E-state index < -0.39 is 0 Å². The maximum Gasteiger partial charge on any atom is 0.150 e. The predicted octanol–water partition coefficient (Wildman–Crippen LogP) is 3.92. The van der Waals surface area contributed by atoms with E-state index in [0.29, 0.717) is 5.56 Å². The molecule has 20 heavy (non-hydrogen) atoms. The number of aromatic amines is 1. The highest BCUT2D eigenvalue weighted by atomic mass is 127. The van der Waals surface area contributed by atoms with Crippen molar-refractivity contribution in [1.29, 1.82) is 0 Å². The van der Waals surface area contributed by atoms with Crippen LogP contribution in [0.15, 0.2) is 30.5 Å². The molecule has 1 aromatic carbocycles. The van der Waals surface area contributed by atoms with Crippen LogP contribution in [0.3, 0.4) is 0 Å². The lowest BCUT2D eigenvalue weighted by molar-refractivity contribution is 0.627. The van der Waals surface area contributed by atoms with Gasteiger partial charge in [-0.3, -0.25) is 0 Å². The number of hydrogen-bond acceptors (Lipinski definition) is 2. The normalized spacial score (nSPS) is 13.4. The van der Waals surface area contributed by atoms with E-state index in [1.54, 1.807) is 0 Å². The topological polar surface area (TPSA) is 31.9 Å². The van der Waals surface area contributed by atoms with Crippen molar-refractivity contribution in [3.8, 4) is 11.1 Å². The van der Waals surface area contributed by atoms with Crippen molar-refractivity contribution in [3.63, 3.8) is 0 Å². The molecule has 0 saturated heterocycles. The summed E-state index contributed by atoms with van der Waals surface area (Å²) >= 11 is 2.26. The molecule has 4 rings (SSSR count). The van der Waals surface area contributed by atoms with Gasteiger partial charge < -0.3 is 9.88 Å². The van der Waals surface area contributed by atoms with E-state index in [1.165, 1.54) is 6.20 Å². The first-order valence-electron chi connectivity index (χ1n) is 6.32. The molecule has 3 nitrogen and oxygen atoms in total. The molecule has 5 heteroatoms. The maximum atomic E-state index is 14.4. The molecule has 0 unspecified atom stereocenters. The van der Waals surface area contributed by atoms with Gasteiger partial charge in [-0.05, 0) is 28.7 Å². The van der Waals surface area contributed by atoms with Crippen LogP contribution in [0.1, 0.15) is 5.56 Å². The van der Waals surface area contributed by atoms with Crippen LogP contribution in [0.2, 0.25) is 0 Å².